The molecule has 0 fully saturated rings. The third-order valence-electron chi connectivity index (χ3n) is 2.55. The smallest absolute Gasteiger partial charge is 0.338 e. The van der Waals surface area contributed by atoms with E-state index < -0.39 is 16.6 Å². The predicted molar refractivity (Wildman–Crippen MR) is 77.4 cm³/mol. The molecule has 0 aliphatic rings. The van der Waals surface area contributed by atoms with Gasteiger partial charge in [-0.05, 0) is 25.3 Å². The van der Waals surface area contributed by atoms with Crippen molar-refractivity contribution < 1.29 is 14.5 Å². The van der Waals surface area contributed by atoms with Crippen LogP contribution in [0.4, 0.5) is 5.69 Å². The Bertz CT molecular complexity index is 531. The minimum absolute atomic E-state index is 0.0155. The second kappa shape index (κ2) is 6.90. The van der Waals surface area contributed by atoms with Crippen LogP contribution in [-0.4, -0.2) is 17.0 Å². The van der Waals surface area contributed by atoms with Crippen LogP contribution in [-0.2, 0) is 4.74 Å². The number of nitro groups is 1. The molecule has 0 heterocycles. The van der Waals surface area contributed by atoms with Crippen molar-refractivity contribution in [3.8, 4) is 0 Å². The molecule has 1 atom stereocenters. The molecule has 0 spiro atoms. The van der Waals surface area contributed by atoms with Crippen LogP contribution in [0, 0.1) is 16.0 Å². The summed E-state index contributed by atoms with van der Waals surface area (Å²) in [5.74, 6) is -0.277. The molecule has 1 rings (SSSR count). The predicted octanol–water partition coefficient (Wildman–Crippen LogP) is 4.49. The van der Waals surface area contributed by atoms with Crippen LogP contribution < -0.4 is 0 Å². The molecule has 0 amide bonds. The highest BCUT2D eigenvalue weighted by Crippen LogP contribution is 2.33. The largest absolute Gasteiger partial charge is 0.459 e. The molecule has 0 saturated carbocycles. The number of esters is 1. The molecule has 20 heavy (non-hydrogen) atoms. The molecular formula is C13H15Cl2NO4. The van der Waals surface area contributed by atoms with Crippen molar-refractivity contribution in [2.45, 2.75) is 33.3 Å². The van der Waals surface area contributed by atoms with Gasteiger partial charge in [-0.3, -0.25) is 10.1 Å². The van der Waals surface area contributed by atoms with Crippen LogP contribution in [0.5, 0.6) is 0 Å². The second-order valence-corrected chi connectivity index (χ2v) is 5.68. The molecule has 0 aliphatic heterocycles. The van der Waals surface area contributed by atoms with E-state index in [4.69, 9.17) is 27.9 Å². The van der Waals surface area contributed by atoms with Crippen molar-refractivity contribution >= 4 is 34.9 Å². The monoisotopic (exact) mass is 319 g/mol. The zero-order valence-corrected chi connectivity index (χ0v) is 12.9. The van der Waals surface area contributed by atoms with Gasteiger partial charge in [0.15, 0.2) is 0 Å². The minimum atomic E-state index is -0.692. The number of benzene rings is 1. The van der Waals surface area contributed by atoms with Crippen molar-refractivity contribution in [1.29, 1.82) is 0 Å². The van der Waals surface area contributed by atoms with Gasteiger partial charge in [0, 0.05) is 6.07 Å². The maximum atomic E-state index is 11.9. The van der Waals surface area contributed by atoms with Gasteiger partial charge in [0.1, 0.15) is 5.02 Å². The Balaban J connectivity index is 2.97. The lowest BCUT2D eigenvalue weighted by Gasteiger charge is -2.15. The molecule has 0 bridgehead atoms. The lowest BCUT2D eigenvalue weighted by molar-refractivity contribution is -0.384. The molecule has 0 radical (unpaired) electrons. The van der Waals surface area contributed by atoms with E-state index >= 15 is 0 Å². The van der Waals surface area contributed by atoms with E-state index in [0.29, 0.717) is 12.3 Å². The Morgan fingerprint density at radius 3 is 2.45 bits per heavy atom. The van der Waals surface area contributed by atoms with Crippen LogP contribution in [0.3, 0.4) is 0 Å². The summed E-state index contributed by atoms with van der Waals surface area (Å²) < 4.78 is 5.21. The number of hydrogen-bond donors (Lipinski definition) is 0. The topological polar surface area (TPSA) is 69.4 Å². The lowest BCUT2D eigenvalue weighted by Crippen LogP contribution is -2.17. The first-order valence-corrected chi connectivity index (χ1v) is 6.82. The van der Waals surface area contributed by atoms with Gasteiger partial charge in [-0.25, -0.2) is 4.79 Å². The van der Waals surface area contributed by atoms with E-state index in [0.717, 1.165) is 6.07 Å². The van der Waals surface area contributed by atoms with Crippen molar-refractivity contribution in [3.63, 3.8) is 0 Å². The van der Waals surface area contributed by atoms with E-state index in [2.05, 4.69) is 0 Å². The standard InChI is InChI=1S/C13H15Cl2NO4/c1-7(2)4-8(3)20-13(17)9-5-10(14)12(15)11(6-9)16(18)19/h5-8H,4H2,1-3H3. The van der Waals surface area contributed by atoms with Gasteiger partial charge in [0.05, 0.1) is 21.6 Å². The molecule has 0 N–H and O–H groups in total. The molecule has 7 heteroatoms. The summed E-state index contributed by atoms with van der Waals surface area (Å²) in [7, 11) is 0. The fourth-order valence-electron chi connectivity index (χ4n) is 1.79. The third-order valence-corrected chi connectivity index (χ3v) is 3.35. The summed E-state index contributed by atoms with van der Waals surface area (Å²) in [5, 5.41) is 10.6. The Hall–Kier alpha value is -1.33. The number of nitrogens with zero attached hydrogens (tertiary/aromatic N) is 1. The lowest BCUT2D eigenvalue weighted by atomic mass is 10.1. The molecule has 0 saturated heterocycles. The first-order chi connectivity index (χ1) is 9.22. The van der Waals surface area contributed by atoms with E-state index in [1.165, 1.54) is 6.07 Å². The van der Waals surface area contributed by atoms with Gasteiger partial charge in [-0.2, -0.15) is 0 Å². The van der Waals surface area contributed by atoms with E-state index in [1.54, 1.807) is 6.92 Å². The van der Waals surface area contributed by atoms with Crippen molar-refractivity contribution in [2.75, 3.05) is 0 Å². The molecule has 0 aliphatic carbocycles. The summed E-state index contributed by atoms with van der Waals surface area (Å²) in [6.45, 7) is 5.78. The van der Waals surface area contributed by atoms with Crippen LogP contribution in [0.25, 0.3) is 0 Å². The van der Waals surface area contributed by atoms with E-state index in [1.807, 2.05) is 13.8 Å². The molecule has 110 valence electrons. The summed E-state index contributed by atoms with van der Waals surface area (Å²) in [6, 6.07) is 2.33. The molecule has 1 aromatic rings. The van der Waals surface area contributed by atoms with Crippen molar-refractivity contribution in [2.24, 2.45) is 5.92 Å². The Morgan fingerprint density at radius 1 is 1.35 bits per heavy atom. The van der Waals surface area contributed by atoms with Gasteiger partial charge < -0.3 is 4.74 Å². The number of carbonyl (C=O) groups is 1. The van der Waals surface area contributed by atoms with Crippen LogP contribution in [0.2, 0.25) is 10.0 Å². The molecule has 5 nitrogen and oxygen atoms in total. The first-order valence-electron chi connectivity index (χ1n) is 6.06. The number of hydrogen-bond acceptors (Lipinski definition) is 4. The number of rotatable bonds is 5. The molecule has 1 unspecified atom stereocenters. The summed E-state index contributed by atoms with van der Waals surface area (Å²) in [5.41, 5.74) is -0.399. The fourth-order valence-corrected chi connectivity index (χ4v) is 2.18. The fraction of sp³-hybridized carbons (Fsp3) is 0.462. The number of halogens is 2. The quantitative estimate of drug-likeness (QED) is 0.455. The highest BCUT2D eigenvalue weighted by atomic mass is 35.5. The van der Waals surface area contributed by atoms with Gasteiger partial charge in [0.2, 0.25) is 0 Å². The van der Waals surface area contributed by atoms with Gasteiger partial charge in [0.25, 0.3) is 5.69 Å². The van der Waals surface area contributed by atoms with E-state index in [9.17, 15) is 14.9 Å². The Kier molecular flexibility index (Phi) is 5.77. The number of carbonyl (C=O) groups excluding carboxylic acids is 1. The molecule has 1 aromatic carbocycles. The zero-order valence-electron chi connectivity index (χ0n) is 11.4. The van der Waals surface area contributed by atoms with Crippen molar-refractivity contribution in [1.82, 2.24) is 0 Å². The van der Waals surface area contributed by atoms with Gasteiger partial charge >= 0.3 is 5.97 Å². The SMILES string of the molecule is CC(C)CC(C)OC(=O)c1cc(Cl)c(Cl)c([N+](=O)[O-])c1. The van der Waals surface area contributed by atoms with Crippen LogP contribution in [0.15, 0.2) is 12.1 Å². The summed E-state index contributed by atoms with van der Waals surface area (Å²) in [6.07, 6.45) is 0.422. The highest BCUT2D eigenvalue weighted by molar-refractivity contribution is 6.43. The first kappa shape index (κ1) is 16.7. The normalized spacial score (nSPS) is 12.3. The molecule has 0 aromatic heterocycles. The van der Waals surface area contributed by atoms with E-state index in [-0.39, 0.29) is 21.7 Å². The molecular weight excluding hydrogens is 305 g/mol. The summed E-state index contributed by atoms with van der Waals surface area (Å²) in [4.78, 5) is 22.1. The summed E-state index contributed by atoms with van der Waals surface area (Å²) >= 11 is 11.5. The maximum Gasteiger partial charge on any atom is 0.338 e. The maximum absolute atomic E-state index is 11.9. The third kappa shape index (κ3) is 4.35. The van der Waals surface area contributed by atoms with Crippen LogP contribution >= 0.6 is 23.2 Å². The van der Waals surface area contributed by atoms with Gasteiger partial charge in [-0.15, -0.1) is 0 Å². The second-order valence-electron chi connectivity index (χ2n) is 4.89. The average molecular weight is 320 g/mol. The van der Waals surface area contributed by atoms with Crippen molar-refractivity contribution in [3.05, 3.63) is 37.9 Å². The van der Waals surface area contributed by atoms with Crippen LogP contribution in [0.1, 0.15) is 37.6 Å². The number of ether oxygens (including phenoxy) is 1. The minimum Gasteiger partial charge on any atom is -0.459 e. The zero-order chi connectivity index (χ0) is 15.4. The average Bonchev–Trinajstić information content (AvgIpc) is 2.30. The number of nitro benzene ring substituents is 1. The van der Waals surface area contributed by atoms with Gasteiger partial charge in [-0.1, -0.05) is 37.0 Å². The Morgan fingerprint density at radius 2 is 1.95 bits per heavy atom. The Labute approximate surface area is 127 Å². The highest BCUT2D eigenvalue weighted by Gasteiger charge is 2.22.